The molecule has 0 fully saturated rings. The fourth-order valence-electron chi connectivity index (χ4n) is 1.45. The van der Waals surface area contributed by atoms with E-state index in [2.05, 4.69) is 4.98 Å². The summed E-state index contributed by atoms with van der Waals surface area (Å²) in [6.45, 7) is 5.80. The van der Waals surface area contributed by atoms with E-state index in [4.69, 9.17) is 4.74 Å². The second-order valence-electron chi connectivity index (χ2n) is 3.54. The van der Waals surface area contributed by atoms with E-state index in [-0.39, 0.29) is 5.97 Å². The molecule has 4 nitrogen and oxygen atoms in total. The van der Waals surface area contributed by atoms with Crippen molar-refractivity contribution in [3.8, 4) is 0 Å². The summed E-state index contributed by atoms with van der Waals surface area (Å²) >= 11 is 1.37. The van der Waals surface area contributed by atoms with Crippen LogP contribution in [-0.4, -0.2) is 22.7 Å². The number of aliphatic hydroxyl groups is 1. The normalized spacial score (nSPS) is 14.5. The van der Waals surface area contributed by atoms with Gasteiger partial charge in [0.1, 0.15) is 11.1 Å². The Balaban J connectivity index is 2.76. The minimum Gasteiger partial charge on any atom is -0.466 e. The smallest absolute Gasteiger partial charge is 0.312 e. The largest absolute Gasteiger partial charge is 0.466 e. The molecule has 5 heteroatoms. The lowest BCUT2D eigenvalue weighted by Gasteiger charge is -2.17. The Morgan fingerprint density at radius 3 is 2.75 bits per heavy atom. The minimum absolute atomic E-state index is 0.332. The molecule has 1 heterocycles. The van der Waals surface area contributed by atoms with Crippen molar-refractivity contribution in [3.63, 3.8) is 0 Å². The summed E-state index contributed by atoms with van der Waals surface area (Å²) < 4.78 is 4.92. The fourth-order valence-corrected chi connectivity index (χ4v) is 2.29. The lowest BCUT2D eigenvalue weighted by Crippen LogP contribution is -2.24. The molecule has 0 saturated heterocycles. The number of ether oxygens (including phenoxy) is 1. The van der Waals surface area contributed by atoms with Crippen LogP contribution in [0.5, 0.6) is 0 Å². The number of hydrogen-bond acceptors (Lipinski definition) is 5. The van der Waals surface area contributed by atoms with Gasteiger partial charge in [-0.2, -0.15) is 0 Å². The molecule has 0 spiro atoms. The van der Waals surface area contributed by atoms with Gasteiger partial charge in [-0.15, -0.1) is 11.3 Å². The molecule has 0 radical (unpaired) electrons. The molecule has 1 aromatic rings. The molecule has 0 aliphatic heterocycles. The number of esters is 1. The quantitative estimate of drug-likeness (QED) is 0.804. The maximum absolute atomic E-state index is 11.6. The van der Waals surface area contributed by atoms with Gasteiger partial charge in [0, 0.05) is 11.1 Å². The highest BCUT2D eigenvalue weighted by Gasteiger charge is 2.29. The van der Waals surface area contributed by atoms with Gasteiger partial charge in [-0.25, -0.2) is 4.98 Å². The molecule has 2 unspecified atom stereocenters. The average Bonchev–Trinajstić information content (AvgIpc) is 2.66. The molecule has 1 N–H and O–H groups in total. The van der Waals surface area contributed by atoms with Crippen molar-refractivity contribution in [2.45, 2.75) is 33.3 Å². The van der Waals surface area contributed by atoms with Crippen molar-refractivity contribution in [1.82, 2.24) is 4.98 Å². The van der Waals surface area contributed by atoms with Gasteiger partial charge in [-0.05, 0) is 20.3 Å². The summed E-state index contributed by atoms with van der Waals surface area (Å²) in [5.41, 5.74) is 0.859. The summed E-state index contributed by atoms with van der Waals surface area (Å²) in [5.74, 6) is -0.879. The van der Waals surface area contributed by atoms with E-state index in [1.807, 2.05) is 19.2 Å². The number of aryl methyl sites for hydroxylation is 1. The van der Waals surface area contributed by atoms with Crippen molar-refractivity contribution in [1.29, 1.82) is 0 Å². The molecule has 1 aromatic heterocycles. The van der Waals surface area contributed by atoms with Crippen LogP contribution in [0, 0.1) is 12.8 Å². The highest BCUT2D eigenvalue weighted by Crippen LogP contribution is 2.28. The number of rotatable bonds is 5. The van der Waals surface area contributed by atoms with Crippen LogP contribution in [0.1, 0.15) is 37.1 Å². The van der Waals surface area contributed by atoms with Crippen molar-refractivity contribution in [2.24, 2.45) is 5.92 Å². The van der Waals surface area contributed by atoms with Gasteiger partial charge in [-0.1, -0.05) is 6.92 Å². The van der Waals surface area contributed by atoms with Crippen LogP contribution < -0.4 is 0 Å². The Morgan fingerprint density at radius 2 is 2.31 bits per heavy atom. The number of carbonyl (C=O) groups excluding carboxylic acids is 1. The summed E-state index contributed by atoms with van der Waals surface area (Å²) in [5, 5.41) is 12.5. The van der Waals surface area contributed by atoms with Crippen molar-refractivity contribution in [2.75, 3.05) is 6.61 Å². The van der Waals surface area contributed by atoms with Crippen LogP contribution in [-0.2, 0) is 9.53 Å². The van der Waals surface area contributed by atoms with Crippen LogP contribution in [0.3, 0.4) is 0 Å². The Hall–Kier alpha value is -0.940. The molecule has 0 aromatic carbocycles. The van der Waals surface area contributed by atoms with E-state index >= 15 is 0 Å². The summed E-state index contributed by atoms with van der Waals surface area (Å²) in [4.78, 5) is 15.8. The van der Waals surface area contributed by atoms with Crippen LogP contribution in [0.15, 0.2) is 5.38 Å². The summed E-state index contributed by atoms with van der Waals surface area (Å²) in [6, 6.07) is 0. The van der Waals surface area contributed by atoms with E-state index in [1.54, 1.807) is 6.92 Å². The van der Waals surface area contributed by atoms with Crippen molar-refractivity contribution in [3.05, 3.63) is 16.1 Å². The third-order valence-electron chi connectivity index (χ3n) is 2.30. The molecule has 90 valence electrons. The first-order chi connectivity index (χ1) is 7.60. The predicted molar refractivity (Wildman–Crippen MR) is 62.2 cm³/mol. The maximum atomic E-state index is 11.6. The van der Waals surface area contributed by atoms with Crippen molar-refractivity contribution >= 4 is 17.3 Å². The monoisotopic (exact) mass is 243 g/mol. The molecule has 2 atom stereocenters. The SMILES string of the molecule is CCOC(=O)C(CC)C(O)c1nc(C)cs1. The first kappa shape index (κ1) is 13.1. The highest BCUT2D eigenvalue weighted by atomic mass is 32.1. The Morgan fingerprint density at radius 1 is 1.62 bits per heavy atom. The zero-order chi connectivity index (χ0) is 12.1. The summed E-state index contributed by atoms with van der Waals surface area (Å²) in [7, 11) is 0. The van der Waals surface area contributed by atoms with E-state index < -0.39 is 12.0 Å². The number of aliphatic hydroxyl groups excluding tert-OH is 1. The molecular weight excluding hydrogens is 226 g/mol. The third-order valence-corrected chi connectivity index (χ3v) is 3.33. The molecular formula is C11H17NO3S. The van der Waals surface area contributed by atoms with Crippen LogP contribution in [0.25, 0.3) is 0 Å². The standard InChI is InChI=1S/C11H17NO3S/c1-4-8(11(14)15-5-2)9(13)10-12-7(3)6-16-10/h6,8-9,13H,4-5H2,1-3H3. The molecule has 0 aliphatic carbocycles. The predicted octanol–water partition coefficient (Wildman–Crippen LogP) is 2.07. The van der Waals surface area contributed by atoms with Gasteiger partial charge in [0.05, 0.1) is 12.5 Å². The molecule has 0 bridgehead atoms. The fraction of sp³-hybridized carbons (Fsp3) is 0.636. The average molecular weight is 243 g/mol. The van der Waals surface area contributed by atoms with E-state index in [1.165, 1.54) is 11.3 Å². The minimum atomic E-state index is -0.859. The molecule has 16 heavy (non-hydrogen) atoms. The number of carbonyl (C=O) groups is 1. The van der Waals surface area contributed by atoms with E-state index in [0.29, 0.717) is 18.0 Å². The Labute approximate surface area is 99.3 Å². The first-order valence-corrected chi connectivity index (χ1v) is 6.24. The number of hydrogen-bond donors (Lipinski definition) is 1. The second-order valence-corrected chi connectivity index (χ2v) is 4.43. The van der Waals surface area contributed by atoms with Gasteiger partial charge in [0.15, 0.2) is 0 Å². The maximum Gasteiger partial charge on any atom is 0.312 e. The van der Waals surface area contributed by atoms with Crippen LogP contribution in [0.4, 0.5) is 0 Å². The van der Waals surface area contributed by atoms with E-state index in [9.17, 15) is 9.90 Å². The van der Waals surface area contributed by atoms with Crippen LogP contribution in [0.2, 0.25) is 0 Å². The van der Waals surface area contributed by atoms with E-state index in [0.717, 1.165) is 5.69 Å². The van der Waals surface area contributed by atoms with Gasteiger partial charge in [0.25, 0.3) is 0 Å². The van der Waals surface area contributed by atoms with Gasteiger partial charge >= 0.3 is 5.97 Å². The number of aromatic nitrogens is 1. The molecule has 0 aliphatic rings. The second kappa shape index (κ2) is 5.96. The summed E-state index contributed by atoms with van der Waals surface area (Å²) in [6.07, 6.45) is -0.318. The lowest BCUT2D eigenvalue weighted by atomic mass is 10.0. The molecule has 0 amide bonds. The van der Waals surface area contributed by atoms with Crippen molar-refractivity contribution < 1.29 is 14.6 Å². The number of thiazole rings is 1. The Kier molecular flexibility index (Phi) is 4.89. The molecule has 1 rings (SSSR count). The van der Waals surface area contributed by atoms with Gasteiger partial charge in [-0.3, -0.25) is 4.79 Å². The van der Waals surface area contributed by atoms with Gasteiger partial charge in [0.2, 0.25) is 0 Å². The van der Waals surface area contributed by atoms with Crippen LogP contribution >= 0.6 is 11.3 Å². The third kappa shape index (κ3) is 3.02. The number of nitrogens with zero attached hydrogens (tertiary/aromatic N) is 1. The topological polar surface area (TPSA) is 59.4 Å². The highest BCUT2D eigenvalue weighted by molar-refractivity contribution is 7.09. The lowest BCUT2D eigenvalue weighted by molar-refractivity contribution is -0.152. The van der Waals surface area contributed by atoms with Gasteiger partial charge < -0.3 is 9.84 Å². The first-order valence-electron chi connectivity index (χ1n) is 5.36. The molecule has 0 saturated carbocycles. The zero-order valence-corrected chi connectivity index (χ0v) is 10.6. The Bertz CT molecular complexity index is 351. The zero-order valence-electron chi connectivity index (χ0n) is 9.77.